The van der Waals surface area contributed by atoms with Crippen LogP contribution in [-0.4, -0.2) is 80.1 Å². The molecule has 3 aromatic rings. The van der Waals surface area contributed by atoms with Crippen molar-refractivity contribution in [1.29, 1.82) is 0 Å². The minimum atomic E-state index is -0.633. The van der Waals surface area contributed by atoms with Gasteiger partial charge >= 0.3 is 0 Å². The van der Waals surface area contributed by atoms with E-state index in [9.17, 15) is 9.59 Å². The van der Waals surface area contributed by atoms with Gasteiger partial charge in [0.2, 0.25) is 5.91 Å². The molecule has 3 aromatic carbocycles. The van der Waals surface area contributed by atoms with Gasteiger partial charge in [-0.3, -0.25) is 14.5 Å². The predicted molar refractivity (Wildman–Crippen MR) is 179 cm³/mol. The first kappa shape index (κ1) is 30.0. The molecule has 45 heavy (non-hydrogen) atoms. The van der Waals surface area contributed by atoms with Crippen LogP contribution in [0, 0.1) is 0 Å². The van der Waals surface area contributed by atoms with Crippen molar-refractivity contribution in [1.82, 2.24) is 15.1 Å². The summed E-state index contributed by atoms with van der Waals surface area (Å²) in [5.41, 5.74) is 7.18. The molecule has 3 aliphatic heterocycles. The fraction of sp³-hybridized carbons (Fsp3) is 0.474. The van der Waals surface area contributed by atoms with E-state index >= 15 is 0 Å². The van der Waals surface area contributed by atoms with E-state index in [1.807, 2.05) is 11.8 Å². The Hall–Kier alpha value is -3.68. The monoisotopic (exact) mass is 606 g/mol. The van der Waals surface area contributed by atoms with E-state index in [0.717, 1.165) is 99.4 Å². The van der Waals surface area contributed by atoms with Crippen LogP contribution in [0.15, 0.2) is 66.7 Å². The summed E-state index contributed by atoms with van der Waals surface area (Å²) in [4.78, 5) is 34.0. The maximum Gasteiger partial charge on any atom is 0.254 e. The van der Waals surface area contributed by atoms with Crippen molar-refractivity contribution in [2.45, 2.75) is 63.5 Å². The van der Waals surface area contributed by atoms with Gasteiger partial charge in [0.05, 0.1) is 6.10 Å². The van der Waals surface area contributed by atoms with Crippen molar-refractivity contribution < 1.29 is 14.3 Å². The third-order valence-corrected chi connectivity index (χ3v) is 10.5. The van der Waals surface area contributed by atoms with Gasteiger partial charge < -0.3 is 19.9 Å². The van der Waals surface area contributed by atoms with Crippen LogP contribution in [0.2, 0.25) is 0 Å². The topological polar surface area (TPSA) is 65.1 Å². The summed E-state index contributed by atoms with van der Waals surface area (Å²) < 4.78 is 5.91. The van der Waals surface area contributed by atoms with E-state index in [1.165, 1.54) is 17.5 Å². The fourth-order valence-corrected chi connectivity index (χ4v) is 8.11. The summed E-state index contributed by atoms with van der Waals surface area (Å²) in [7, 11) is 0. The Morgan fingerprint density at radius 2 is 1.64 bits per heavy atom. The number of likely N-dealkylation sites (N-methyl/N-ethyl adjacent to an activating group) is 1. The molecule has 0 bridgehead atoms. The molecule has 1 aliphatic carbocycles. The number of anilines is 1. The molecule has 0 aromatic heterocycles. The van der Waals surface area contributed by atoms with Crippen molar-refractivity contribution in [3.05, 3.63) is 89.0 Å². The van der Waals surface area contributed by atoms with Crippen LogP contribution >= 0.6 is 0 Å². The molecule has 7 heteroatoms. The molecule has 1 N–H and O–H groups in total. The number of nitrogens with zero attached hydrogens (tertiary/aromatic N) is 3. The van der Waals surface area contributed by atoms with Crippen molar-refractivity contribution in [3.63, 3.8) is 0 Å². The number of carbonyl (C=O) groups excluding carboxylic acids is 2. The quantitative estimate of drug-likeness (QED) is 0.304. The van der Waals surface area contributed by atoms with Gasteiger partial charge in [-0.25, -0.2) is 0 Å². The lowest BCUT2D eigenvalue weighted by molar-refractivity contribution is -0.125. The number of piperazine rings is 1. The zero-order chi connectivity index (χ0) is 30.8. The molecule has 2 fully saturated rings. The van der Waals surface area contributed by atoms with E-state index < -0.39 is 5.41 Å². The average Bonchev–Trinajstić information content (AvgIpc) is 3.55. The van der Waals surface area contributed by atoms with Gasteiger partial charge in [-0.2, -0.15) is 0 Å². The molecule has 0 saturated carbocycles. The molecule has 236 valence electrons. The third kappa shape index (κ3) is 5.66. The molecule has 7 nitrogen and oxygen atoms in total. The van der Waals surface area contributed by atoms with Gasteiger partial charge in [0.15, 0.2) is 0 Å². The Balaban J connectivity index is 0.943. The van der Waals surface area contributed by atoms with Crippen LogP contribution in [0.1, 0.15) is 72.5 Å². The van der Waals surface area contributed by atoms with Crippen molar-refractivity contribution >= 4 is 17.5 Å². The number of hydrogen-bond donors (Lipinski definition) is 1. The number of carbonyl (C=O) groups is 2. The van der Waals surface area contributed by atoms with Crippen LogP contribution in [0.5, 0.6) is 0 Å². The first-order chi connectivity index (χ1) is 22.1. The summed E-state index contributed by atoms with van der Waals surface area (Å²) in [5.74, 6) is 0.270. The molecule has 7 rings (SSSR count). The first-order valence-electron chi connectivity index (χ1n) is 17.1. The highest BCUT2D eigenvalue weighted by Gasteiger charge is 2.48. The van der Waals surface area contributed by atoms with Gasteiger partial charge in [0.25, 0.3) is 5.91 Å². The Morgan fingerprint density at radius 3 is 2.33 bits per heavy atom. The number of amides is 2. The van der Waals surface area contributed by atoms with Crippen molar-refractivity contribution in [2.75, 3.05) is 57.3 Å². The largest absolute Gasteiger partial charge is 0.376 e. The lowest BCUT2D eigenvalue weighted by Crippen LogP contribution is -2.47. The first-order valence-corrected chi connectivity index (χ1v) is 17.1. The standard InChI is InChI=1S/C38H46N4O3/c1-2-39-37(44)38(34-14-5-3-12-31(34)32-13-4-6-15-35(32)38)18-8-9-19-40-20-22-41(23-21-40)29-17-16-28-26-42(36(43)33(28)25-29)27-30-11-7-10-24-45-30/h3-6,12-17,25,30H,2,7-11,18-24,26-27H2,1H3,(H,39,44). The Bertz CT molecular complexity index is 1490. The van der Waals surface area contributed by atoms with Gasteiger partial charge in [0.1, 0.15) is 5.41 Å². The minimum absolute atomic E-state index is 0.120. The van der Waals surface area contributed by atoms with Crippen LogP contribution < -0.4 is 10.2 Å². The number of benzene rings is 3. The summed E-state index contributed by atoms with van der Waals surface area (Å²) in [6.07, 6.45) is 6.38. The van der Waals surface area contributed by atoms with Crippen molar-refractivity contribution in [3.8, 4) is 11.1 Å². The molecule has 4 aliphatic rings. The normalized spacial score (nSPS) is 20.6. The second-order valence-corrected chi connectivity index (χ2v) is 13.2. The third-order valence-electron chi connectivity index (χ3n) is 10.5. The molecule has 2 saturated heterocycles. The SMILES string of the molecule is CCNC(=O)C1(CCCCN2CCN(c3ccc4c(c3)C(=O)N(CC3CCCCO3)C4)CC2)c2ccccc2-c2ccccc21. The highest BCUT2D eigenvalue weighted by Crippen LogP contribution is 2.51. The van der Waals surface area contributed by atoms with Crippen LogP contribution in [0.25, 0.3) is 11.1 Å². The highest BCUT2D eigenvalue weighted by atomic mass is 16.5. The smallest absolute Gasteiger partial charge is 0.254 e. The molecule has 0 radical (unpaired) electrons. The second-order valence-electron chi connectivity index (χ2n) is 13.2. The Kier molecular flexibility index (Phi) is 8.65. The number of nitrogens with one attached hydrogen (secondary N) is 1. The van der Waals surface area contributed by atoms with Gasteiger partial charge in [-0.05, 0) is 85.5 Å². The minimum Gasteiger partial charge on any atom is -0.376 e. The van der Waals surface area contributed by atoms with Gasteiger partial charge in [-0.15, -0.1) is 0 Å². The number of rotatable bonds is 10. The van der Waals surface area contributed by atoms with Crippen molar-refractivity contribution in [2.24, 2.45) is 0 Å². The summed E-state index contributed by atoms with van der Waals surface area (Å²) in [6.45, 7) is 9.78. The number of fused-ring (bicyclic) bond motifs is 4. The molecule has 1 unspecified atom stereocenters. The van der Waals surface area contributed by atoms with E-state index in [0.29, 0.717) is 19.6 Å². The number of unbranched alkanes of at least 4 members (excludes halogenated alkanes) is 1. The lowest BCUT2D eigenvalue weighted by atomic mass is 9.73. The predicted octanol–water partition coefficient (Wildman–Crippen LogP) is 5.61. The van der Waals surface area contributed by atoms with Gasteiger partial charge in [-0.1, -0.05) is 61.0 Å². The van der Waals surface area contributed by atoms with Crippen LogP contribution in [0.4, 0.5) is 5.69 Å². The zero-order valence-electron chi connectivity index (χ0n) is 26.6. The summed E-state index contributed by atoms with van der Waals surface area (Å²) in [6, 6.07) is 23.4. The molecule has 2 amide bonds. The van der Waals surface area contributed by atoms with Gasteiger partial charge in [0, 0.05) is 63.7 Å². The maximum atomic E-state index is 13.8. The van der Waals surface area contributed by atoms with Crippen LogP contribution in [0.3, 0.4) is 0 Å². The molecular formula is C38H46N4O3. The zero-order valence-corrected chi connectivity index (χ0v) is 26.6. The summed E-state index contributed by atoms with van der Waals surface area (Å²) in [5, 5.41) is 3.18. The maximum absolute atomic E-state index is 13.8. The average molecular weight is 607 g/mol. The Labute approximate surface area is 267 Å². The lowest BCUT2D eigenvalue weighted by Gasteiger charge is -2.36. The fourth-order valence-electron chi connectivity index (χ4n) is 8.11. The molecule has 3 heterocycles. The van der Waals surface area contributed by atoms with E-state index in [-0.39, 0.29) is 17.9 Å². The number of hydrogen-bond acceptors (Lipinski definition) is 5. The molecule has 0 spiro atoms. The van der Waals surface area contributed by atoms with E-state index in [1.54, 1.807) is 0 Å². The van der Waals surface area contributed by atoms with Crippen LogP contribution in [-0.2, 0) is 21.5 Å². The molecular weight excluding hydrogens is 560 g/mol. The number of ether oxygens (including phenoxy) is 1. The van der Waals surface area contributed by atoms with E-state index in [4.69, 9.17) is 4.74 Å². The Morgan fingerprint density at radius 1 is 0.911 bits per heavy atom. The summed E-state index contributed by atoms with van der Waals surface area (Å²) >= 11 is 0. The molecule has 1 atom stereocenters. The van der Waals surface area contributed by atoms with E-state index in [2.05, 4.69) is 81.8 Å². The second kappa shape index (κ2) is 13.0. The highest BCUT2D eigenvalue weighted by molar-refractivity contribution is 6.01.